The number of nitrogens with one attached hydrogen (secondary N) is 1. The number of amides is 2. The molecule has 0 radical (unpaired) electrons. The summed E-state index contributed by atoms with van der Waals surface area (Å²) in [5.74, 6) is 0.622. The fourth-order valence-electron chi connectivity index (χ4n) is 3.88. The predicted octanol–water partition coefficient (Wildman–Crippen LogP) is 2.10. The van der Waals surface area contributed by atoms with Crippen molar-refractivity contribution < 1.29 is 9.59 Å². The van der Waals surface area contributed by atoms with Crippen LogP contribution in [-0.4, -0.2) is 44.7 Å². The number of aromatic amines is 1. The molecule has 0 aromatic carbocycles. The third-order valence-electron chi connectivity index (χ3n) is 5.30. The van der Waals surface area contributed by atoms with Gasteiger partial charge in [-0.1, -0.05) is 13.0 Å². The molecule has 1 atom stereocenters. The van der Waals surface area contributed by atoms with Crippen molar-refractivity contribution in [2.75, 3.05) is 13.1 Å². The Labute approximate surface area is 161 Å². The average molecular weight is 386 g/mol. The molecule has 0 bridgehead atoms. The van der Waals surface area contributed by atoms with Crippen molar-refractivity contribution in [2.24, 2.45) is 0 Å². The third kappa shape index (κ3) is 3.29. The van der Waals surface area contributed by atoms with Crippen LogP contribution < -0.4 is 5.56 Å². The van der Waals surface area contributed by atoms with Crippen LogP contribution in [0.5, 0.6) is 0 Å². The topological polar surface area (TPSA) is 86.4 Å². The predicted molar refractivity (Wildman–Crippen MR) is 102 cm³/mol. The van der Waals surface area contributed by atoms with Crippen LogP contribution in [0, 0.1) is 0 Å². The lowest BCUT2D eigenvalue weighted by atomic mass is 10.1. The normalized spacial score (nSPS) is 19.2. The highest BCUT2D eigenvalue weighted by Crippen LogP contribution is 2.30. The fourth-order valence-corrected chi connectivity index (χ4v) is 4.57. The summed E-state index contributed by atoms with van der Waals surface area (Å²) in [6, 6.07) is 3.50. The number of nitrogens with zero attached hydrogens (tertiary/aromatic N) is 3. The Bertz CT molecular complexity index is 922. The maximum Gasteiger partial charge on any atom is 0.264 e. The van der Waals surface area contributed by atoms with Crippen LogP contribution in [-0.2, 0) is 17.8 Å². The van der Waals surface area contributed by atoms with Crippen molar-refractivity contribution in [1.29, 1.82) is 0 Å². The Balaban J connectivity index is 1.59. The molecule has 2 amide bonds. The van der Waals surface area contributed by atoms with E-state index in [0.717, 1.165) is 18.5 Å². The maximum absolute atomic E-state index is 12.7. The summed E-state index contributed by atoms with van der Waals surface area (Å²) in [6.45, 7) is 3.38. The zero-order valence-corrected chi connectivity index (χ0v) is 16.1. The smallest absolute Gasteiger partial charge is 0.264 e. The lowest BCUT2D eigenvalue weighted by Crippen LogP contribution is -2.40. The van der Waals surface area contributed by atoms with E-state index in [2.05, 4.69) is 4.98 Å². The van der Waals surface area contributed by atoms with E-state index in [-0.39, 0.29) is 30.0 Å². The number of carbonyl (C=O) groups excluding carboxylic acids is 2. The third-order valence-corrected chi connectivity index (χ3v) is 6.16. The van der Waals surface area contributed by atoms with Gasteiger partial charge in [-0.2, -0.15) is 0 Å². The van der Waals surface area contributed by atoms with Crippen molar-refractivity contribution in [3.8, 4) is 0 Å². The van der Waals surface area contributed by atoms with Crippen LogP contribution in [0.4, 0.5) is 0 Å². The van der Waals surface area contributed by atoms with Gasteiger partial charge in [0.05, 0.1) is 28.7 Å². The Kier molecular flexibility index (Phi) is 4.82. The standard InChI is InChI=1S/C19H22N4O3S/c1-2-16(24)23-8-3-5-14(23)17-20-13-7-9-22(11-12(13)18(25)21-17)19(26)15-6-4-10-27-15/h4,6,10,14H,2-3,5,7-9,11H2,1H3,(H,20,21,25)/t14-/m1/s1. The van der Waals surface area contributed by atoms with E-state index < -0.39 is 0 Å². The minimum Gasteiger partial charge on any atom is -0.333 e. The molecule has 1 N–H and O–H groups in total. The average Bonchev–Trinajstić information content (AvgIpc) is 3.38. The molecule has 7 nitrogen and oxygen atoms in total. The second-order valence-corrected chi connectivity index (χ2v) is 7.88. The number of aromatic nitrogens is 2. The maximum atomic E-state index is 12.7. The summed E-state index contributed by atoms with van der Waals surface area (Å²) < 4.78 is 0. The Hall–Kier alpha value is -2.48. The lowest BCUT2D eigenvalue weighted by molar-refractivity contribution is -0.131. The largest absolute Gasteiger partial charge is 0.333 e. The number of likely N-dealkylation sites (tertiary alicyclic amines) is 1. The molecule has 2 aromatic rings. The molecule has 27 heavy (non-hydrogen) atoms. The second kappa shape index (κ2) is 7.26. The van der Waals surface area contributed by atoms with Gasteiger partial charge in [-0.15, -0.1) is 11.3 Å². The van der Waals surface area contributed by atoms with Crippen LogP contribution in [0.15, 0.2) is 22.3 Å². The van der Waals surface area contributed by atoms with Crippen LogP contribution in [0.1, 0.15) is 59.0 Å². The highest BCUT2D eigenvalue weighted by atomic mass is 32.1. The molecule has 2 aromatic heterocycles. The minimum absolute atomic E-state index is 0.0466. The second-order valence-electron chi connectivity index (χ2n) is 6.93. The molecule has 142 valence electrons. The first-order chi connectivity index (χ1) is 13.1. The zero-order chi connectivity index (χ0) is 19.0. The number of hydrogen-bond donors (Lipinski definition) is 1. The van der Waals surface area contributed by atoms with Gasteiger partial charge >= 0.3 is 0 Å². The zero-order valence-electron chi connectivity index (χ0n) is 15.2. The van der Waals surface area contributed by atoms with Crippen molar-refractivity contribution in [1.82, 2.24) is 19.8 Å². The molecular weight excluding hydrogens is 364 g/mol. The number of fused-ring (bicyclic) bond motifs is 1. The quantitative estimate of drug-likeness (QED) is 0.875. The SMILES string of the molecule is CCC(=O)N1CCC[C@@H]1c1nc2c(c(=O)[nH]1)CN(C(=O)c1cccs1)CC2. The number of rotatable bonds is 3. The van der Waals surface area contributed by atoms with E-state index in [1.165, 1.54) is 11.3 Å². The molecule has 8 heteroatoms. The summed E-state index contributed by atoms with van der Waals surface area (Å²) in [6.07, 6.45) is 2.74. The monoisotopic (exact) mass is 386 g/mol. The first-order valence-electron chi connectivity index (χ1n) is 9.32. The fraction of sp³-hybridized carbons (Fsp3) is 0.474. The molecule has 1 saturated heterocycles. The summed E-state index contributed by atoms with van der Waals surface area (Å²) in [7, 11) is 0. The van der Waals surface area contributed by atoms with Gasteiger partial charge in [-0.05, 0) is 24.3 Å². The van der Waals surface area contributed by atoms with Crippen LogP contribution in [0.2, 0.25) is 0 Å². The van der Waals surface area contributed by atoms with E-state index in [9.17, 15) is 14.4 Å². The van der Waals surface area contributed by atoms with Crippen molar-refractivity contribution in [3.05, 3.63) is 49.8 Å². The summed E-state index contributed by atoms with van der Waals surface area (Å²) in [5.41, 5.74) is 1.11. The van der Waals surface area contributed by atoms with E-state index in [1.54, 1.807) is 11.0 Å². The number of hydrogen-bond acceptors (Lipinski definition) is 5. The molecule has 4 heterocycles. The van der Waals surface area contributed by atoms with Crippen molar-refractivity contribution >= 4 is 23.2 Å². The summed E-state index contributed by atoms with van der Waals surface area (Å²) >= 11 is 1.40. The molecule has 2 aliphatic heterocycles. The van der Waals surface area contributed by atoms with Crippen molar-refractivity contribution in [2.45, 2.75) is 45.2 Å². The number of carbonyl (C=O) groups is 2. The molecule has 0 unspecified atom stereocenters. The molecule has 2 aliphatic rings. The molecule has 4 rings (SSSR count). The van der Waals surface area contributed by atoms with Gasteiger partial charge in [0.1, 0.15) is 5.82 Å². The highest BCUT2D eigenvalue weighted by Gasteiger charge is 2.33. The van der Waals surface area contributed by atoms with Crippen molar-refractivity contribution in [3.63, 3.8) is 0 Å². The summed E-state index contributed by atoms with van der Waals surface area (Å²) in [4.78, 5) is 49.2. The molecule has 0 aliphatic carbocycles. The Morgan fingerprint density at radius 2 is 2.22 bits per heavy atom. The Morgan fingerprint density at radius 1 is 1.37 bits per heavy atom. The molecule has 0 spiro atoms. The van der Waals surface area contributed by atoms with E-state index in [4.69, 9.17) is 4.98 Å². The van der Waals surface area contributed by atoms with E-state index >= 15 is 0 Å². The first-order valence-corrected chi connectivity index (χ1v) is 10.2. The van der Waals surface area contributed by atoms with Crippen LogP contribution in [0.3, 0.4) is 0 Å². The van der Waals surface area contributed by atoms with Gasteiger partial charge in [-0.3, -0.25) is 14.4 Å². The van der Waals surface area contributed by atoms with Gasteiger partial charge < -0.3 is 14.8 Å². The molecule has 1 fully saturated rings. The highest BCUT2D eigenvalue weighted by molar-refractivity contribution is 7.12. The van der Waals surface area contributed by atoms with Gasteiger partial charge in [-0.25, -0.2) is 4.98 Å². The van der Waals surface area contributed by atoms with Crippen LogP contribution in [0.25, 0.3) is 0 Å². The molecule has 0 saturated carbocycles. The minimum atomic E-state index is -0.200. The van der Waals surface area contributed by atoms with Gasteiger partial charge in [0.15, 0.2) is 0 Å². The van der Waals surface area contributed by atoms with E-state index in [1.807, 2.05) is 23.3 Å². The Morgan fingerprint density at radius 3 is 2.96 bits per heavy atom. The summed E-state index contributed by atoms with van der Waals surface area (Å²) in [5, 5.41) is 1.87. The van der Waals surface area contributed by atoms with Gasteiger partial charge in [0, 0.05) is 25.9 Å². The molecular formula is C19H22N4O3S. The number of thiophene rings is 1. The van der Waals surface area contributed by atoms with Crippen LogP contribution >= 0.6 is 11.3 Å². The van der Waals surface area contributed by atoms with E-state index in [0.29, 0.717) is 42.2 Å². The van der Waals surface area contributed by atoms with Gasteiger partial charge in [0.2, 0.25) is 5.91 Å². The van der Waals surface area contributed by atoms with Gasteiger partial charge in [0.25, 0.3) is 11.5 Å². The first kappa shape index (κ1) is 17.9. The lowest BCUT2D eigenvalue weighted by Gasteiger charge is -2.29. The number of H-pyrrole nitrogens is 1.